The van der Waals surface area contributed by atoms with Crippen molar-refractivity contribution >= 4 is 10.0 Å². The number of rotatable bonds is 5. The largest absolute Gasteiger partial charge is 0.447 e. The molecule has 0 amide bonds. The minimum Gasteiger partial charge on any atom is -0.447 e. The van der Waals surface area contributed by atoms with Gasteiger partial charge in [-0.15, -0.1) is 0 Å². The number of hydrogen-bond donors (Lipinski definition) is 2. The van der Waals surface area contributed by atoms with Gasteiger partial charge in [-0.05, 0) is 32.9 Å². The Hall–Kier alpha value is -1.64. The lowest BCUT2D eigenvalue weighted by molar-refractivity contribution is 0.384. The van der Waals surface area contributed by atoms with Crippen LogP contribution in [0.25, 0.3) is 0 Å². The highest BCUT2D eigenvalue weighted by molar-refractivity contribution is 7.89. The average molecular weight is 299 g/mol. The zero-order chi connectivity index (χ0) is 14.9. The summed E-state index contributed by atoms with van der Waals surface area (Å²) in [6, 6.07) is 2.92. The summed E-state index contributed by atoms with van der Waals surface area (Å²) in [5.41, 5.74) is 1.82. The van der Waals surface area contributed by atoms with E-state index in [1.165, 1.54) is 6.07 Å². The van der Waals surface area contributed by atoms with Gasteiger partial charge in [0.05, 0.1) is 12.2 Å². The Morgan fingerprint density at radius 3 is 2.60 bits per heavy atom. The summed E-state index contributed by atoms with van der Waals surface area (Å²) in [6.45, 7) is 6.06. The molecule has 2 rings (SSSR count). The molecule has 0 aromatic carbocycles. The summed E-state index contributed by atoms with van der Waals surface area (Å²) in [5.74, 6) is 1.25. The van der Waals surface area contributed by atoms with E-state index < -0.39 is 10.0 Å². The second-order valence-electron chi connectivity index (χ2n) is 4.61. The van der Waals surface area contributed by atoms with Crippen molar-refractivity contribution in [2.24, 2.45) is 5.14 Å². The van der Waals surface area contributed by atoms with Gasteiger partial charge in [0.2, 0.25) is 5.09 Å². The molecule has 0 aliphatic carbocycles. The molecule has 3 N–H and O–H groups in total. The second-order valence-corrected chi connectivity index (χ2v) is 6.10. The fourth-order valence-corrected chi connectivity index (χ4v) is 2.55. The van der Waals surface area contributed by atoms with Crippen molar-refractivity contribution in [2.75, 3.05) is 0 Å². The first-order valence-electron chi connectivity index (χ1n) is 6.06. The molecule has 0 saturated heterocycles. The van der Waals surface area contributed by atoms with Gasteiger partial charge in [-0.25, -0.2) is 13.6 Å². The number of primary sulfonamides is 1. The van der Waals surface area contributed by atoms with Crippen molar-refractivity contribution in [2.45, 2.75) is 38.5 Å². The van der Waals surface area contributed by atoms with Gasteiger partial charge in [0, 0.05) is 11.6 Å². The summed E-state index contributed by atoms with van der Waals surface area (Å²) < 4.78 is 32.5. The van der Waals surface area contributed by atoms with Crippen LogP contribution in [0.5, 0.6) is 0 Å². The van der Waals surface area contributed by atoms with Gasteiger partial charge >= 0.3 is 0 Å². The van der Waals surface area contributed by atoms with Gasteiger partial charge in [0.25, 0.3) is 10.0 Å². The van der Waals surface area contributed by atoms with Crippen LogP contribution >= 0.6 is 0 Å². The molecule has 0 fully saturated rings. The topological polar surface area (TPSA) is 111 Å². The third-order valence-corrected chi connectivity index (χ3v) is 3.80. The molecule has 0 bridgehead atoms. The fraction of sp³-hybridized carbons (Fsp3) is 0.417. The highest BCUT2D eigenvalue weighted by Gasteiger charge is 2.17. The van der Waals surface area contributed by atoms with Crippen molar-refractivity contribution in [3.05, 3.63) is 34.9 Å². The van der Waals surface area contributed by atoms with E-state index in [9.17, 15) is 8.42 Å². The molecule has 2 heterocycles. The van der Waals surface area contributed by atoms with E-state index in [4.69, 9.17) is 14.1 Å². The van der Waals surface area contributed by atoms with Crippen LogP contribution in [0.4, 0.5) is 0 Å². The lowest BCUT2D eigenvalue weighted by Crippen LogP contribution is -2.18. The van der Waals surface area contributed by atoms with Crippen molar-refractivity contribution in [1.29, 1.82) is 0 Å². The molecule has 1 atom stereocenters. The minimum absolute atomic E-state index is 0.00397. The first kappa shape index (κ1) is 14.8. The number of furan rings is 1. The molecular formula is C12H17N3O4S. The Morgan fingerprint density at radius 2 is 2.10 bits per heavy atom. The molecule has 0 spiro atoms. The van der Waals surface area contributed by atoms with Crippen LogP contribution in [0, 0.1) is 13.8 Å². The van der Waals surface area contributed by atoms with Crippen molar-refractivity contribution in [1.82, 2.24) is 10.5 Å². The molecule has 110 valence electrons. The summed E-state index contributed by atoms with van der Waals surface area (Å²) >= 11 is 0. The van der Waals surface area contributed by atoms with Crippen LogP contribution in [0.15, 0.2) is 26.2 Å². The molecule has 1 unspecified atom stereocenters. The molecule has 0 aliphatic heterocycles. The predicted molar refractivity (Wildman–Crippen MR) is 71.3 cm³/mol. The van der Waals surface area contributed by atoms with E-state index in [-0.39, 0.29) is 11.1 Å². The third kappa shape index (κ3) is 3.09. The summed E-state index contributed by atoms with van der Waals surface area (Å²) in [4.78, 5) is 0. The van der Waals surface area contributed by atoms with Gasteiger partial charge in [0.15, 0.2) is 0 Å². The van der Waals surface area contributed by atoms with Gasteiger partial charge in [-0.3, -0.25) is 0 Å². The number of sulfonamides is 1. The van der Waals surface area contributed by atoms with Gasteiger partial charge in [-0.1, -0.05) is 5.16 Å². The van der Waals surface area contributed by atoms with Gasteiger partial charge < -0.3 is 14.3 Å². The standard InChI is InChI=1S/C12H17N3O4S/c1-7(12-8(2)15-19-9(12)3)14-6-10-4-5-11(18-10)20(13,16)17/h4-5,7,14H,6H2,1-3H3,(H2,13,16,17). The maximum absolute atomic E-state index is 11.1. The Labute approximate surface area is 117 Å². The number of aromatic nitrogens is 1. The molecule has 7 nitrogen and oxygen atoms in total. The highest BCUT2D eigenvalue weighted by atomic mass is 32.2. The predicted octanol–water partition coefficient (Wildman–Crippen LogP) is 1.38. The molecule has 20 heavy (non-hydrogen) atoms. The Morgan fingerprint density at radius 1 is 1.40 bits per heavy atom. The molecule has 0 aliphatic rings. The zero-order valence-electron chi connectivity index (χ0n) is 11.5. The third-order valence-electron chi connectivity index (χ3n) is 3.02. The van der Waals surface area contributed by atoms with Crippen molar-refractivity contribution < 1.29 is 17.4 Å². The average Bonchev–Trinajstić information content (AvgIpc) is 2.93. The van der Waals surface area contributed by atoms with E-state index in [1.54, 1.807) is 6.07 Å². The van der Waals surface area contributed by atoms with Crippen molar-refractivity contribution in [3.63, 3.8) is 0 Å². The van der Waals surface area contributed by atoms with E-state index in [0.717, 1.165) is 17.0 Å². The Balaban J connectivity index is 2.04. The quantitative estimate of drug-likeness (QED) is 0.862. The second kappa shape index (κ2) is 5.39. The summed E-state index contributed by atoms with van der Waals surface area (Å²) in [6.07, 6.45) is 0. The smallest absolute Gasteiger partial charge is 0.271 e. The summed E-state index contributed by atoms with van der Waals surface area (Å²) in [5, 5.41) is 11.9. The van der Waals surface area contributed by atoms with Crippen LogP contribution < -0.4 is 10.5 Å². The van der Waals surface area contributed by atoms with E-state index in [1.807, 2.05) is 20.8 Å². The number of hydrogen-bond acceptors (Lipinski definition) is 6. The number of nitrogens with one attached hydrogen (secondary N) is 1. The first-order chi connectivity index (χ1) is 9.29. The number of nitrogens with two attached hydrogens (primary N) is 1. The van der Waals surface area contributed by atoms with Gasteiger partial charge in [0.1, 0.15) is 11.5 Å². The maximum atomic E-state index is 11.1. The van der Waals surface area contributed by atoms with E-state index >= 15 is 0 Å². The number of aryl methyl sites for hydroxylation is 2. The van der Waals surface area contributed by atoms with Crippen LogP contribution in [-0.4, -0.2) is 13.6 Å². The lowest BCUT2D eigenvalue weighted by atomic mass is 10.1. The molecule has 0 saturated carbocycles. The Bertz CT molecular complexity index is 683. The van der Waals surface area contributed by atoms with E-state index in [0.29, 0.717) is 12.3 Å². The minimum atomic E-state index is -3.80. The van der Waals surface area contributed by atoms with Crippen LogP contribution in [0.3, 0.4) is 0 Å². The monoisotopic (exact) mass is 299 g/mol. The SMILES string of the molecule is Cc1noc(C)c1C(C)NCc1ccc(S(N)(=O)=O)o1. The number of nitrogens with zero attached hydrogens (tertiary/aromatic N) is 1. The van der Waals surface area contributed by atoms with Crippen LogP contribution in [0.2, 0.25) is 0 Å². The normalized spacial score (nSPS) is 13.6. The van der Waals surface area contributed by atoms with Crippen LogP contribution in [-0.2, 0) is 16.6 Å². The molecule has 2 aromatic rings. The molecular weight excluding hydrogens is 282 g/mol. The fourth-order valence-electron chi connectivity index (χ4n) is 2.07. The van der Waals surface area contributed by atoms with Crippen LogP contribution in [0.1, 0.15) is 35.7 Å². The highest BCUT2D eigenvalue weighted by Crippen LogP contribution is 2.21. The molecule has 0 radical (unpaired) electrons. The molecule has 8 heteroatoms. The lowest BCUT2D eigenvalue weighted by Gasteiger charge is -2.12. The van der Waals surface area contributed by atoms with E-state index in [2.05, 4.69) is 10.5 Å². The Kier molecular flexibility index (Phi) is 3.98. The zero-order valence-corrected chi connectivity index (χ0v) is 12.3. The van der Waals surface area contributed by atoms with Gasteiger partial charge in [-0.2, -0.15) is 0 Å². The summed E-state index contributed by atoms with van der Waals surface area (Å²) in [7, 11) is -3.80. The van der Waals surface area contributed by atoms with Crippen molar-refractivity contribution in [3.8, 4) is 0 Å². The molecule has 2 aromatic heterocycles. The maximum Gasteiger partial charge on any atom is 0.271 e. The first-order valence-corrected chi connectivity index (χ1v) is 7.61.